The third-order valence-electron chi connectivity index (χ3n) is 3.92. The van der Waals surface area contributed by atoms with Crippen molar-refractivity contribution in [3.05, 3.63) is 22.2 Å². The maximum Gasteiger partial charge on any atom is 0.135 e. The standard InChI is InChI=1S/C14H21ClN2/c1-4-12-10(3)13(15)17-14(16-12)11-7-5-9(2)6-8-11/h9,11H,4-8H2,1-3H3. The molecule has 1 heterocycles. The van der Waals surface area contributed by atoms with Gasteiger partial charge in [0, 0.05) is 17.2 Å². The maximum atomic E-state index is 6.19. The van der Waals surface area contributed by atoms with Crippen molar-refractivity contribution >= 4 is 11.6 Å². The summed E-state index contributed by atoms with van der Waals surface area (Å²) in [5.74, 6) is 2.36. The monoisotopic (exact) mass is 252 g/mol. The van der Waals surface area contributed by atoms with Gasteiger partial charge in [-0.05, 0) is 32.1 Å². The summed E-state index contributed by atoms with van der Waals surface area (Å²) in [7, 11) is 0. The molecular weight excluding hydrogens is 232 g/mol. The van der Waals surface area contributed by atoms with Crippen LogP contribution >= 0.6 is 11.6 Å². The summed E-state index contributed by atoms with van der Waals surface area (Å²) in [6.45, 7) is 6.46. The van der Waals surface area contributed by atoms with Crippen LogP contribution in [0.1, 0.15) is 62.5 Å². The molecule has 0 aliphatic heterocycles. The molecular formula is C14H21ClN2. The van der Waals surface area contributed by atoms with Crippen LogP contribution < -0.4 is 0 Å². The fourth-order valence-corrected chi connectivity index (χ4v) is 2.79. The Labute approximate surface area is 109 Å². The van der Waals surface area contributed by atoms with Crippen LogP contribution in [0.15, 0.2) is 0 Å². The average molecular weight is 253 g/mol. The van der Waals surface area contributed by atoms with Crippen molar-refractivity contribution < 1.29 is 0 Å². The van der Waals surface area contributed by atoms with E-state index in [1.54, 1.807) is 0 Å². The quantitative estimate of drug-likeness (QED) is 0.734. The van der Waals surface area contributed by atoms with Crippen LogP contribution in [-0.2, 0) is 6.42 Å². The topological polar surface area (TPSA) is 25.8 Å². The number of aromatic nitrogens is 2. The van der Waals surface area contributed by atoms with Gasteiger partial charge < -0.3 is 0 Å². The molecule has 1 fully saturated rings. The van der Waals surface area contributed by atoms with Crippen LogP contribution in [0.2, 0.25) is 5.15 Å². The molecule has 0 unspecified atom stereocenters. The second kappa shape index (κ2) is 5.34. The summed E-state index contributed by atoms with van der Waals surface area (Å²) >= 11 is 6.19. The summed E-state index contributed by atoms with van der Waals surface area (Å²) in [5, 5.41) is 0.644. The minimum Gasteiger partial charge on any atom is -0.237 e. The third-order valence-corrected chi connectivity index (χ3v) is 4.29. The highest BCUT2D eigenvalue weighted by Crippen LogP contribution is 2.34. The van der Waals surface area contributed by atoms with E-state index < -0.39 is 0 Å². The molecule has 94 valence electrons. The molecule has 0 aromatic carbocycles. The number of rotatable bonds is 2. The lowest BCUT2D eigenvalue weighted by atomic mass is 9.82. The van der Waals surface area contributed by atoms with E-state index in [0.29, 0.717) is 11.1 Å². The molecule has 0 N–H and O–H groups in total. The zero-order chi connectivity index (χ0) is 12.4. The van der Waals surface area contributed by atoms with Gasteiger partial charge in [-0.3, -0.25) is 0 Å². The molecule has 1 aromatic rings. The lowest BCUT2D eigenvalue weighted by Crippen LogP contribution is -2.15. The molecule has 1 aliphatic carbocycles. The Morgan fingerprint density at radius 1 is 1.18 bits per heavy atom. The van der Waals surface area contributed by atoms with Gasteiger partial charge in [0.15, 0.2) is 0 Å². The van der Waals surface area contributed by atoms with Gasteiger partial charge in [0.1, 0.15) is 11.0 Å². The van der Waals surface area contributed by atoms with Gasteiger partial charge in [-0.1, -0.05) is 38.3 Å². The first-order chi connectivity index (χ1) is 8.11. The lowest BCUT2D eigenvalue weighted by molar-refractivity contribution is 0.339. The Balaban J connectivity index is 2.24. The van der Waals surface area contributed by atoms with Crippen LogP contribution in [0.25, 0.3) is 0 Å². The van der Waals surface area contributed by atoms with Gasteiger partial charge in [-0.25, -0.2) is 9.97 Å². The highest BCUT2D eigenvalue weighted by molar-refractivity contribution is 6.30. The highest BCUT2D eigenvalue weighted by Gasteiger charge is 2.23. The Bertz CT molecular complexity index is 395. The predicted molar refractivity (Wildman–Crippen MR) is 71.5 cm³/mol. The fourth-order valence-electron chi connectivity index (χ4n) is 2.60. The first-order valence-corrected chi connectivity index (χ1v) is 7.02. The SMILES string of the molecule is CCc1nc(C2CCC(C)CC2)nc(Cl)c1C. The van der Waals surface area contributed by atoms with Crippen LogP contribution in [0, 0.1) is 12.8 Å². The number of halogens is 1. The van der Waals surface area contributed by atoms with Crippen LogP contribution in [-0.4, -0.2) is 9.97 Å². The van der Waals surface area contributed by atoms with Crippen molar-refractivity contribution in [2.75, 3.05) is 0 Å². The van der Waals surface area contributed by atoms with Crippen LogP contribution in [0.3, 0.4) is 0 Å². The summed E-state index contributed by atoms with van der Waals surface area (Å²) in [4.78, 5) is 9.19. The third kappa shape index (κ3) is 2.79. The summed E-state index contributed by atoms with van der Waals surface area (Å²) < 4.78 is 0. The molecule has 0 spiro atoms. The van der Waals surface area contributed by atoms with Crippen LogP contribution in [0.5, 0.6) is 0 Å². The van der Waals surface area contributed by atoms with Crippen molar-refractivity contribution in [2.45, 2.75) is 58.8 Å². The molecule has 0 atom stereocenters. The van der Waals surface area contributed by atoms with E-state index in [1.165, 1.54) is 25.7 Å². The molecule has 1 saturated carbocycles. The summed E-state index contributed by atoms with van der Waals surface area (Å²) in [5.41, 5.74) is 2.15. The Morgan fingerprint density at radius 3 is 2.41 bits per heavy atom. The van der Waals surface area contributed by atoms with Gasteiger partial charge in [-0.2, -0.15) is 0 Å². The number of hydrogen-bond acceptors (Lipinski definition) is 2. The number of aryl methyl sites for hydroxylation is 1. The van der Waals surface area contributed by atoms with E-state index >= 15 is 0 Å². The molecule has 17 heavy (non-hydrogen) atoms. The number of hydrogen-bond donors (Lipinski definition) is 0. The highest BCUT2D eigenvalue weighted by atomic mass is 35.5. The predicted octanol–water partition coefficient (Wildman–Crippen LogP) is 4.29. The van der Waals surface area contributed by atoms with Crippen molar-refractivity contribution in [2.24, 2.45) is 5.92 Å². The van der Waals surface area contributed by atoms with Gasteiger partial charge in [-0.15, -0.1) is 0 Å². The van der Waals surface area contributed by atoms with Gasteiger partial charge in [0.25, 0.3) is 0 Å². The second-order valence-electron chi connectivity index (χ2n) is 5.25. The van der Waals surface area contributed by atoms with Gasteiger partial charge in [0.2, 0.25) is 0 Å². The normalized spacial score (nSPS) is 24.9. The maximum absolute atomic E-state index is 6.19. The second-order valence-corrected chi connectivity index (χ2v) is 5.61. The Kier molecular flexibility index (Phi) is 4.03. The molecule has 1 aromatic heterocycles. The fraction of sp³-hybridized carbons (Fsp3) is 0.714. The molecule has 0 amide bonds. The molecule has 0 bridgehead atoms. The van der Waals surface area contributed by atoms with Crippen molar-refractivity contribution in [1.29, 1.82) is 0 Å². The molecule has 0 saturated heterocycles. The first kappa shape index (κ1) is 12.8. The van der Waals surface area contributed by atoms with Crippen molar-refractivity contribution in [3.63, 3.8) is 0 Å². The summed E-state index contributed by atoms with van der Waals surface area (Å²) in [6.07, 6.45) is 5.94. The molecule has 2 nitrogen and oxygen atoms in total. The Morgan fingerprint density at radius 2 is 1.82 bits per heavy atom. The van der Waals surface area contributed by atoms with E-state index in [1.807, 2.05) is 6.92 Å². The molecule has 1 aliphatic rings. The minimum atomic E-state index is 0.523. The van der Waals surface area contributed by atoms with Gasteiger partial charge in [0.05, 0.1) is 0 Å². The van der Waals surface area contributed by atoms with E-state index in [2.05, 4.69) is 18.8 Å². The number of nitrogens with zero attached hydrogens (tertiary/aromatic N) is 2. The average Bonchev–Trinajstić information content (AvgIpc) is 2.33. The zero-order valence-electron chi connectivity index (χ0n) is 11.0. The van der Waals surface area contributed by atoms with E-state index in [9.17, 15) is 0 Å². The zero-order valence-corrected chi connectivity index (χ0v) is 11.7. The molecule has 3 heteroatoms. The van der Waals surface area contributed by atoms with Crippen molar-refractivity contribution in [3.8, 4) is 0 Å². The first-order valence-electron chi connectivity index (χ1n) is 6.64. The van der Waals surface area contributed by atoms with E-state index in [-0.39, 0.29) is 0 Å². The molecule has 2 rings (SSSR count). The van der Waals surface area contributed by atoms with E-state index in [4.69, 9.17) is 16.6 Å². The summed E-state index contributed by atoms with van der Waals surface area (Å²) in [6, 6.07) is 0. The largest absolute Gasteiger partial charge is 0.237 e. The van der Waals surface area contributed by atoms with Crippen molar-refractivity contribution in [1.82, 2.24) is 9.97 Å². The smallest absolute Gasteiger partial charge is 0.135 e. The minimum absolute atomic E-state index is 0.523. The molecule has 0 radical (unpaired) electrons. The van der Waals surface area contributed by atoms with Gasteiger partial charge >= 0.3 is 0 Å². The Hall–Kier alpha value is -0.630. The lowest BCUT2D eigenvalue weighted by Gasteiger charge is -2.25. The van der Waals surface area contributed by atoms with E-state index in [0.717, 1.165) is 29.4 Å². The van der Waals surface area contributed by atoms with Crippen LogP contribution in [0.4, 0.5) is 0 Å².